The van der Waals surface area contributed by atoms with Crippen LogP contribution in [0.25, 0.3) is 6.08 Å². The minimum atomic E-state index is -3.57. The molecule has 8 heteroatoms. The van der Waals surface area contributed by atoms with Crippen molar-refractivity contribution < 1.29 is 17.6 Å². The van der Waals surface area contributed by atoms with Gasteiger partial charge in [0.1, 0.15) is 5.76 Å². The van der Waals surface area contributed by atoms with Gasteiger partial charge in [-0.15, -0.1) is 0 Å². The maximum atomic E-state index is 11.9. The average Bonchev–Trinajstić information content (AvgIpc) is 2.92. The summed E-state index contributed by atoms with van der Waals surface area (Å²) >= 11 is 2.03. The summed E-state index contributed by atoms with van der Waals surface area (Å²) in [4.78, 5) is 12.0. The number of nitrogens with one attached hydrogen (secondary N) is 2. The van der Waals surface area contributed by atoms with Gasteiger partial charge in [0.25, 0.3) is 0 Å². The molecule has 0 bridgehead atoms. The van der Waals surface area contributed by atoms with Crippen molar-refractivity contribution in [1.82, 2.24) is 4.72 Å². The molecule has 122 valence electrons. The molecule has 1 heterocycles. The molecule has 0 fully saturated rings. The van der Waals surface area contributed by atoms with Gasteiger partial charge in [0.2, 0.25) is 15.9 Å². The van der Waals surface area contributed by atoms with E-state index in [1.807, 2.05) is 22.6 Å². The first kappa shape index (κ1) is 17.7. The molecule has 0 aliphatic carbocycles. The van der Waals surface area contributed by atoms with E-state index in [-0.39, 0.29) is 10.8 Å². The smallest absolute Gasteiger partial charge is 0.248 e. The van der Waals surface area contributed by atoms with E-state index in [1.165, 1.54) is 25.3 Å². The van der Waals surface area contributed by atoms with Crippen LogP contribution in [-0.2, 0) is 14.8 Å². The SMILES string of the molecule is CNS(=O)(=O)c1cc(NC(=O)/C=C/c2ccc(I)o2)ccc1C. The van der Waals surface area contributed by atoms with Crippen molar-refractivity contribution in [2.75, 3.05) is 12.4 Å². The summed E-state index contributed by atoms with van der Waals surface area (Å²) in [5, 5.41) is 2.62. The Labute approximate surface area is 148 Å². The number of benzene rings is 1. The third-order valence-electron chi connectivity index (χ3n) is 3.01. The average molecular weight is 446 g/mol. The first-order valence-corrected chi connectivity index (χ1v) is 9.16. The zero-order valence-electron chi connectivity index (χ0n) is 12.5. The Bertz CT molecular complexity index is 856. The number of anilines is 1. The summed E-state index contributed by atoms with van der Waals surface area (Å²) in [6, 6.07) is 8.23. The molecule has 23 heavy (non-hydrogen) atoms. The predicted molar refractivity (Wildman–Crippen MR) is 96.5 cm³/mol. The van der Waals surface area contributed by atoms with Gasteiger partial charge in [0, 0.05) is 11.8 Å². The number of furan rings is 1. The lowest BCUT2D eigenvalue weighted by molar-refractivity contribution is -0.111. The first-order chi connectivity index (χ1) is 10.8. The summed E-state index contributed by atoms with van der Waals surface area (Å²) in [6.07, 6.45) is 2.86. The molecule has 1 aromatic heterocycles. The molecule has 0 spiro atoms. The molecule has 0 aliphatic heterocycles. The molecule has 2 rings (SSSR count). The highest BCUT2D eigenvalue weighted by Crippen LogP contribution is 2.20. The third-order valence-corrected chi connectivity index (χ3v) is 5.14. The van der Waals surface area contributed by atoms with Crippen LogP contribution in [-0.4, -0.2) is 21.4 Å². The maximum absolute atomic E-state index is 11.9. The van der Waals surface area contributed by atoms with Crippen molar-refractivity contribution in [2.45, 2.75) is 11.8 Å². The fourth-order valence-corrected chi connectivity index (χ4v) is 3.26. The zero-order chi connectivity index (χ0) is 17.0. The molecule has 1 aromatic carbocycles. The van der Waals surface area contributed by atoms with Crippen molar-refractivity contribution in [1.29, 1.82) is 0 Å². The number of sulfonamides is 1. The van der Waals surface area contributed by atoms with Gasteiger partial charge in [0.05, 0.1) is 4.90 Å². The van der Waals surface area contributed by atoms with Gasteiger partial charge in [-0.3, -0.25) is 4.79 Å². The second-order valence-electron chi connectivity index (χ2n) is 4.65. The second-order valence-corrected chi connectivity index (χ2v) is 7.57. The Morgan fingerprint density at radius 3 is 2.61 bits per heavy atom. The van der Waals surface area contributed by atoms with E-state index in [2.05, 4.69) is 10.0 Å². The van der Waals surface area contributed by atoms with Gasteiger partial charge in [-0.05, 0) is 72.5 Å². The van der Waals surface area contributed by atoms with Crippen molar-refractivity contribution in [3.8, 4) is 0 Å². The zero-order valence-corrected chi connectivity index (χ0v) is 15.4. The Morgan fingerprint density at radius 2 is 2.00 bits per heavy atom. The number of rotatable bonds is 5. The summed E-state index contributed by atoms with van der Waals surface area (Å²) < 4.78 is 32.1. The molecule has 0 saturated heterocycles. The summed E-state index contributed by atoms with van der Waals surface area (Å²) in [5.41, 5.74) is 0.992. The minimum Gasteiger partial charge on any atom is -0.451 e. The monoisotopic (exact) mass is 446 g/mol. The number of amides is 1. The van der Waals surface area contributed by atoms with Crippen LogP contribution >= 0.6 is 22.6 Å². The lowest BCUT2D eigenvalue weighted by Crippen LogP contribution is -2.20. The van der Waals surface area contributed by atoms with Crippen molar-refractivity contribution in [3.05, 3.63) is 51.5 Å². The van der Waals surface area contributed by atoms with E-state index in [0.29, 0.717) is 17.0 Å². The van der Waals surface area contributed by atoms with Crippen LogP contribution < -0.4 is 10.0 Å². The molecule has 6 nitrogen and oxygen atoms in total. The first-order valence-electron chi connectivity index (χ1n) is 6.60. The molecular formula is C15H15IN2O4S. The molecule has 1 amide bonds. The normalized spacial score (nSPS) is 11.8. The maximum Gasteiger partial charge on any atom is 0.248 e. The number of hydrogen-bond acceptors (Lipinski definition) is 4. The molecular weight excluding hydrogens is 431 g/mol. The van der Waals surface area contributed by atoms with Crippen LogP contribution in [0.2, 0.25) is 0 Å². The standard InChI is InChI=1S/C15H15IN2O4S/c1-10-3-4-11(9-13(10)23(20,21)17-2)18-15(19)8-6-12-5-7-14(16)22-12/h3-9,17H,1-2H3,(H,18,19)/b8-6+. The van der Waals surface area contributed by atoms with Gasteiger partial charge in [-0.1, -0.05) is 6.07 Å². The molecule has 0 unspecified atom stereocenters. The highest BCUT2D eigenvalue weighted by atomic mass is 127. The lowest BCUT2D eigenvalue weighted by atomic mass is 10.2. The Hall–Kier alpha value is -1.65. The van der Waals surface area contributed by atoms with E-state index in [4.69, 9.17) is 4.42 Å². The van der Waals surface area contributed by atoms with Crippen LogP contribution in [0.5, 0.6) is 0 Å². The fourth-order valence-electron chi connectivity index (χ4n) is 1.84. The fraction of sp³-hybridized carbons (Fsp3) is 0.133. The number of carbonyl (C=O) groups is 1. The van der Waals surface area contributed by atoms with Crippen molar-refractivity contribution in [2.24, 2.45) is 0 Å². The highest BCUT2D eigenvalue weighted by Gasteiger charge is 2.15. The van der Waals surface area contributed by atoms with Crippen molar-refractivity contribution >= 4 is 50.3 Å². The third kappa shape index (κ3) is 4.66. The molecule has 2 aromatic rings. The van der Waals surface area contributed by atoms with Gasteiger partial charge < -0.3 is 9.73 Å². The number of halogens is 1. The number of carbonyl (C=O) groups excluding carboxylic acids is 1. The Kier molecular flexibility index (Phi) is 5.60. The van der Waals surface area contributed by atoms with Gasteiger partial charge in [-0.25, -0.2) is 13.1 Å². The van der Waals surface area contributed by atoms with E-state index < -0.39 is 10.0 Å². The predicted octanol–water partition coefficient (Wildman–Crippen LogP) is 2.75. The van der Waals surface area contributed by atoms with Gasteiger partial charge in [-0.2, -0.15) is 0 Å². The Morgan fingerprint density at radius 1 is 1.26 bits per heavy atom. The number of aryl methyl sites for hydroxylation is 1. The van der Waals surface area contributed by atoms with E-state index in [1.54, 1.807) is 31.2 Å². The van der Waals surface area contributed by atoms with Crippen LogP contribution in [0.4, 0.5) is 5.69 Å². The minimum absolute atomic E-state index is 0.127. The Balaban J connectivity index is 2.15. The van der Waals surface area contributed by atoms with E-state index in [0.717, 1.165) is 3.77 Å². The van der Waals surface area contributed by atoms with E-state index in [9.17, 15) is 13.2 Å². The second kappa shape index (κ2) is 7.28. The lowest BCUT2D eigenvalue weighted by Gasteiger charge is -2.09. The molecule has 0 radical (unpaired) electrons. The van der Waals surface area contributed by atoms with Gasteiger partial charge in [0.15, 0.2) is 3.77 Å². The van der Waals surface area contributed by atoms with Crippen LogP contribution in [0.3, 0.4) is 0 Å². The summed E-state index contributed by atoms with van der Waals surface area (Å²) in [6.45, 7) is 1.69. The number of hydrogen-bond donors (Lipinski definition) is 2. The largest absolute Gasteiger partial charge is 0.451 e. The van der Waals surface area contributed by atoms with Crippen LogP contribution in [0.15, 0.2) is 45.7 Å². The summed E-state index contributed by atoms with van der Waals surface area (Å²) in [5.74, 6) is 0.181. The van der Waals surface area contributed by atoms with Gasteiger partial charge >= 0.3 is 0 Å². The topological polar surface area (TPSA) is 88.4 Å². The van der Waals surface area contributed by atoms with Crippen molar-refractivity contribution in [3.63, 3.8) is 0 Å². The van der Waals surface area contributed by atoms with Crippen LogP contribution in [0, 0.1) is 10.7 Å². The molecule has 0 saturated carbocycles. The highest BCUT2D eigenvalue weighted by molar-refractivity contribution is 14.1. The van der Waals surface area contributed by atoms with Crippen LogP contribution in [0.1, 0.15) is 11.3 Å². The van der Waals surface area contributed by atoms with E-state index >= 15 is 0 Å². The quantitative estimate of drug-likeness (QED) is 0.546. The summed E-state index contributed by atoms with van der Waals surface area (Å²) in [7, 11) is -2.23. The molecule has 2 N–H and O–H groups in total. The molecule has 0 atom stereocenters. The molecule has 0 aliphatic rings.